The van der Waals surface area contributed by atoms with Gasteiger partial charge in [0.25, 0.3) is 0 Å². The third-order valence-electron chi connectivity index (χ3n) is 4.22. The summed E-state index contributed by atoms with van der Waals surface area (Å²) in [6.45, 7) is 3.78. The molecule has 1 N–H and O–H groups in total. The van der Waals surface area contributed by atoms with Crippen LogP contribution < -0.4 is 15.0 Å². The zero-order valence-electron chi connectivity index (χ0n) is 13.2. The van der Waals surface area contributed by atoms with E-state index in [9.17, 15) is 4.79 Å². The molecule has 1 saturated heterocycles. The van der Waals surface area contributed by atoms with Crippen molar-refractivity contribution in [1.82, 2.24) is 10.3 Å². The minimum absolute atomic E-state index is 0.0498. The van der Waals surface area contributed by atoms with Crippen LogP contribution in [0.15, 0.2) is 12.1 Å². The molecule has 1 amide bonds. The van der Waals surface area contributed by atoms with Crippen molar-refractivity contribution in [3.63, 3.8) is 0 Å². The number of methoxy groups -OCH3 is 1. The van der Waals surface area contributed by atoms with E-state index in [1.54, 1.807) is 25.5 Å². The number of rotatable bonds is 3. The molecular formula is C16H21N3O2S. The summed E-state index contributed by atoms with van der Waals surface area (Å²) in [5, 5.41) is 3.74. The van der Waals surface area contributed by atoms with E-state index in [1.165, 1.54) is 5.56 Å². The van der Waals surface area contributed by atoms with E-state index >= 15 is 0 Å². The predicted molar refractivity (Wildman–Crippen MR) is 89.9 cm³/mol. The van der Waals surface area contributed by atoms with Crippen molar-refractivity contribution in [2.24, 2.45) is 5.92 Å². The summed E-state index contributed by atoms with van der Waals surface area (Å²) in [6, 6.07) is 4.03. The molecule has 3 rings (SSSR count). The maximum atomic E-state index is 11.9. The van der Waals surface area contributed by atoms with Gasteiger partial charge in [0.05, 0.1) is 17.7 Å². The van der Waals surface area contributed by atoms with Crippen LogP contribution >= 0.6 is 11.3 Å². The van der Waals surface area contributed by atoms with Gasteiger partial charge >= 0.3 is 0 Å². The molecule has 0 bridgehead atoms. The average Bonchev–Trinajstić information content (AvgIpc) is 3.01. The normalized spacial score (nSPS) is 18.5. The number of aromatic nitrogens is 1. The van der Waals surface area contributed by atoms with Crippen molar-refractivity contribution < 1.29 is 9.53 Å². The summed E-state index contributed by atoms with van der Waals surface area (Å²) in [7, 11) is 3.37. The van der Waals surface area contributed by atoms with Gasteiger partial charge in [0.1, 0.15) is 11.3 Å². The molecule has 1 unspecified atom stereocenters. The van der Waals surface area contributed by atoms with E-state index in [0.29, 0.717) is 0 Å². The topological polar surface area (TPSA) is 54.5 Å². The van der Waals surface area contributed by atoms with Crippen LogP contribution in [0.25, 0.3) is 10.2 Å². The van der Waals surface area contributed by atoms with Crippen molar-refractivity contribution >= 4 is 32.6 Å². The van der Waals surface area contributed by atoms with Crippen LogP contribution in [-0.4, -0.2) is 38.1 Å². The van der Waals surface area contributed by atoms with Gasteiger partial charge in [-0.25, -0.2) is 4.98 Å². The minimum atomic E-state index is 0.0498. The Balaban J connectivity index is 1.93. The summed E-state index contributed by atoms with van der Waals surface area (Å²) >= 11 is 1.68. The van der Waals surface area contributed by atoms with Crippen LogP contribution in [0.4, 0.5) is 5.13 Å². The van der Waals surface area contributed by atoms with E-state index in [0.717, 1.165) is 47.0 Å². The Kier molecular flexibility index (Phi) is 4.20. The number of benzene rings is 1. The summed E-state index contributed by atoms with van der Waals surface area (Å²) in [4.78, 5) is 18.9. The van der Waals surface area contributed by atoms with Crippen LogP contribution in [0.2, 0.25) is 0 Å². The smallest absolute Gasteiger partial charge is 0.224 e. The molecule has 22 heavy (non-hydrogen) atoms. The van der Waals surface area contributed by atoms with Crippen LogP contribution in [0, 0.1) is 12.8 Å². The maximum Gasteiger partial charge on any atom is 0.224 e. The van der Waals surface area contributed by atoms with Crippen LogP contribution in [0.5, 0.6) is 5.75 Å². The lowest BCUT2D eigenvalue weighted by atomic mass is 9.98. The molecule has 6 heteroatoms. The maximum absolute atomic E-state index is 11.9. The zero-order chi connectivity index (χ0) is 15.7. The van der Waals surface area contributed by atoms with E-state index in [4.69, 9.17) is 9.72 Å². The highest BCUT2D eigenvalue weighted by Crippen LogP contribution is 2.37. The van der Waals surface area contributed by atoms with E-state index < -0.39 is 0 Å². The standard InChI is InChI=1S/C16H21N3O2S/c1-10-6-7-12(21-3)13-14(10)22-16(18-13)19-8-4-5-11(9-19)15(20)17-2/h6-7,11H,4-5,8-9H2,1-3H3,(H,17,20). The fourth-order valence-corrected chi connectivity index (χ4v) is 4.05. The van der Waals surface area contributed by atoms with Crippen molar-refractivity contribution in [3.8, 4) is 5.75 Å². The van der Waals surface area contributed by atoms with Crippen LogP contribution in [-0.2, 0) is 4.79 Å². The Bertz CT molecular complexity index is 698. The van der Waals surface area contributed by atoms with Crippen molar-refractivity contribution in [2.45, 2.75) is 19.8 Å². The first-order valence-corrected chi connectivity index (χ1v) is 8.36. The van der Waals surface area contributed by atoms with Crippen molar-refractivity contribution in [1.29, 1.82) is 0 Å². The van der Waals surface area contributed by atoms with Gasteiger partial charge in [0, 0.05) is 20.1 Å². The first kappa shape index (κ1) is 15.1. The van der Waals surface area contributed by atoms with Gasteiger partial charge in [-0.1, -0.05) is 17.4 Å². The van der Waals surface area contributed by atoms with Crippen molar-refractivity contribution in [3.05, 3.63) is 17.7 Å². The SMILES string of the molecule is CNC(=O)C1CCCN(c2nc3c(OC)ccc(C)c3s2)C1. The molecule has 1 aliphatic heterocycles. The molecule has 1 aliphatic rings. The number of aryl methyl sites for hydroxylation is 1. The lowest BCUT2D eigenvalue weighted by Crippen LogP contribution is -2.42. The molecule has 0 spiro atoms. The fraction of sp³-hybridized carbons (Fsp3) is 0.500. The number of carbonyl (C=O) groups is 1. The summed E-state index contributed by atoms with van der Waals surface area (Å²) in [5.74, 6) is 0.983. The number of piperidine rings is 1. The molecule has 1 aromatic heterocycles. The first-order valence-electron chi connectivity index (χ1n) is 7.54. The van der Waals surface area contributed by atoms with Crippen molar-refractivity contribution in [2.75, 3.05) is 32.1 Å². The Hall–Kier alpha value is -1.82. The van der Waals surface area contributed by atoms with Gasteiger partial charge in [-0.15, -0.1) is 0 Å². The molecule has 1 aromatic carbocycles. The Morgan fingerprint density at radius 3 is 3.05 bits per heavy atom. The average molecular weight is 319 g/mol. The zero-order valence-corrected chi connectivity index (χ0v) is 14.0. The Morgan fingerprint density at radius 2 is 2.32 bits per heavy atom. The third kappa shape index (κ3) is 2.63. The molecule has 0 radical (unpaired) electrons. The van der Waals surface area contributed by atoms with Gasteiger partial charge in [-0.05, 0) is 31.4 Å². The number of nitrogens with zero attached hydrogens (tertiary/aromatic N) is 2. The molecule has 1 fully saturated rings. The molecular weight excluding hydrogens is 298 g/mol. The number of hydrogen-bond donors (Lipinski definition) is 1. The lowest BCUT2D eigenvalue weighted by molar-refractivity contribution is -0.124. The van der Waals surface area contributed by atoms with E-state index in [-0.39, 0.29) is 11.8 Å². The van der Waals surface area contributed by atoms with E-state index in [2.05, 4.69) is 23.2 Å². The number of nitrogens with one attached hydrogen (secondary N) is 1. The second kappa shape index (κ2) is 6.12. The molecule has 5 nitrogen and oxygen atoms in total. The predicted octanol–water partition coefficient (Wildman–Crippen LogP) is 2.58. The Morgan fingerprint density at radius 1 is 1.50 bits per heavy atom. The van der Waals surface area contributed by atoms with Gasteiger partial charge in [-0.2, -0.15) is 0 Å². The van der Waals surface area contributed by atoms with Gasteiger partial charge in [0.2, 0.25) is 5.91 Å². The first-order chi connectivity index (χ1) is 10.6. The summed E-state index contributed by atoms with van der Waals surface area (Å²) < 4.78 is 6.58. The minimum Gasteiger partial charge on any atom is -0.494 e. The monoisotopic (exact) mass is 319 g/mol. The third-order valence-corrected chi connectivity index (χ3v) is 5.47. The fourth-order valence-electron chi connectivity index (χ4n) is 2.97. The lowest BCUT2D eigenvalue weighted by Gasteiger charge is -2.31. The Labute approximate surface area is 134 Å². The molecule has 2 heterocycles. The number of amides is 1. The number of ether oxygens (including phenoxy) is 1. The number of carbonyl (C=O) groups excluding carboxylic acids is 1. The quantitative estimate of drug-likeness (QED) is 0.945. The van der Waals surface area contributed by atoms with Gasteiger partial charge < -0.3 is 15.0 Å². The van der Waals surface area contributed by atoms with Crippen LogP contribution in [0.3, 0.4) is 0 Å². The van der Waals surface area contributed by atoms with Crippen LogP contribution in [0.1, 0.15) is 18.4 Å². The highest BCUT2D eigenvalue weighted by atomic mass is 32.1. The molecule has 0 saturated carbocycles. The highest BCUT2D eigenvalue weighted by molar-refractivity contribution is 7.22. The molecule has 1 atom stereocenters. The largest absolute Gasteiger partial charge is 0.494 e. The van der Waals surface area contributed by atoms with E-state index in [1.807, 2.05) is 6.07 Å². The molecule has 118 valence electrons. The number of anilines is 1. The summed E-state index contributed by atoms with van der Waals surface area (Å²) in [5.41, 5.74) is 2.13. The highest BCUT2D eigenvalue weighted by Gasteiger charge is 2.27. The molecule has 0 aliphatic carbocycles. The van der Waals surface area contributed by atoms with Gasteiger partial charge in [0.15, 0.2) is 5.13 Å². The summed E-state index contributed by atoms with van der Waals surface area (Å²) in [6.07, 6.45) is 1.97. The number of thiazole rings is 1. The second-order valence-electron chi connectivity index (χ2n) is 5.66. The number of fused-ring (bicyclic) bond motifs is 1. The molecule has 2 aromatic rings. The number of hydrogen-bond acceptors (Lipinski definition) is 5. The second-order valence-corrected chi connectivity index (χ2v) is 6.64. The van der Waals surface area contributed by atoms with Gasteiger partial charge in [-0.3, -0.25) is 4.79 Å².